The largest absolute Gasteiger partial charge is 0.483 e. The lowest BCUT2D eigenvalue weighted by Crippen LogP contribution is -2.40. The first-order valence-corrected chi connectivity index (χ1v) is 9.48. The Kier molecular flexibility index (Phi) is 6.14. The SMILES string of the molecule is CC1=CCN(Cc2ccccc2OCC(=O)N2CCC(C)CC2)CC1. The Bertz CT molecular complexity index is 618. The molecule has 2 aliphatic rings. The van der Waals surface area contributed by atoms with Crippen LogP contribution in [-0.2, 0) is 11.3 Å². The van der Waals surface area contributed by atoms with Crippen molar-refractivity contribution < 1.29 is 9.53 Å². The molecular weight excluding hydrogens is 312 g/mol. The summed E-state index contributed by atoms with van der Waals surface area (Å²) < 4.78 is 5.91. The number of carbonyl (C=O) groups is 1. The van der Waals surface area contributed by atoms with Crippen molar-refractivity contribution in [3.05, 3.63) is 41.5 Å². The van der Waals surface area contributed by atoms with Gasteiger partial charge in [0.25, 0.3) is 5.91 Å². The Morgan fingerprint density at radius 1 is 1.20 bits per heavy atom. The predicted molar refractivity (Wildman–Crippen MR) is 101 cm³/mol. The van der Waals surface area contributed by atoms with Crippen LogP contribution in [-0.4, -0.2) is 48.5 Å². The second kappa shape index (κ2) is 8.52. The maximum atomic E-state index is 12.4. The van der Waals surface area contributed by atoms with Gasteiger partial charge in [-0.3, -0.25) is 9.69 Å². The van der Waals surface area contributed by atoms with Gasteiger partial charge in [-0.05, 0) is 38.2 Å². The van der Waals surface area contributed by atoms with Crippen LogP contribution in [0, 0.1) is 5.92 Å². The van der Waals surface area contributed by atoms with Gasteiger partial charge in [0.2, 0.25) is 0 Å². The van der Waals surface area contributed by atoms with E-state index >= 15 is 0 Å². The molecule has 0 aromatic heterocycles. The van der Waals surface area contributed by atoms with Crippen molar-refractivity contribution in [3.8, 4) is 5.75 Å². The molecule has 1 amide bonds. The van der Waals surface area contributed by atoms with E-state index in [-0.39, 0.29) is 12.5 Å². The highest BCUT2D eigenvalue weighted by atomic mass is 16.5. The van der Waals surface area contributed by atoms with Crippen molar-refractivity contribution in [2.45, 2.75) is 39.7 Å². The van der Waals surface area contributed by atoms with Gasteiger partial charge in [0, 0.05) is 38.3 Å². The quantitative estimate of drug-likeness (QED) is 0.768. The van der Waals surface area contributed by atoms with Crippen LogP contribution in [0.4, 0.5) is 0 Å². The van der Waals surface area contributed by atoms with Crippen LogP contribution in [0.2, 0.25) is 0 Å². The average molecular weight is 342 g/mol. The number of carbonyl (C=O) groups excluding carboxylic acids is 1. The average Bonchev–Trinajstić information content (AvgIpc) is 2.63. The molecule has 3 rings (SSSR count). The summed E-state index contributed by atoms with van der Waals surface area (Å²) >= 11 is 0. The molecule has 0 spiro atoms. The Hall–Kier alpha value is -1.81. The fraction of sp³-hybridized carbons (Fsp3) is 0.571. The standard InChI is InChI=1S/C21H30N2O2/c1-17-7-11-22(12-8-17)15-19-5-3-4-6-20(19)25-16-21(24)23-13-9-18(2)10-14-23/h3-7,18H,8-16H2,1-2H3. The van der Waals surface area contributed by atoms with E-state index in [0.29, 0.717) is 0 Å². The van der Waals surface area contributed by atoms with E-state index in [2.05, 4.69) is 30.9 Å². The van der Waals surface area contributed by atoms with E-state index in [1.54, 1.807) is 0 Å². The van der Waals surface area contributed by atoms with Gasteiger partial charge in [-0.25, -0.2) is 0 Å². The number of hydrogen-bond donors (Lipinski definition) is 0. The summed E-state index contributed by atoms with van der Waals surface area (Å²) in [5, 5.41) is 0. The molecule has 0 bridgehead atoms. The molecule has 0 atom stereocenters. The molecule has 1 saturated heterocycles. The highest BCUT2D eigenvalue weighted by Crippen LogP contribution is 2.22. The van der Waals surface area contributed by atoms with Gasteiger partial charge in [0.15, 0.2) is 6.61 Å². The van der Waals surface area contributed by atoms with Crippen LogP contribution in [0.3, 0.4) is 0 Å². The van der Waals surface area contributed by atoms with Gasteiger partial charge in [-0.1, -0.05) is 36.8 Å². The molecular formula is C21H30N2O2. The smallest absolute Gasteiger partial charge is 0.260 e. The first-order chi connectivity index (χ1) is 12.1. The second-order valence-electron chi connectivity index (χ2n) is 7.50. The molecule has 1 fully saturated rings. The Balaban J connectivity index is 1.55. The van der Waals surface area contributed by atoms with Crippen LogP contribution < -0.4 is 4.74 Å². The van der Waals surface area contributed by atoms with Crippen molar-refractivity contribution >= 4 is 5.91 Å². The molecule has 2 aliphatic heterocycles. The lowest BCUT2D eigenvalue weighted by Gasteiger charge is -2.30. The lowest BCUT2D eigenvalue weighted by molar-refractivity contribution is -0.134. The minimum atomic E-state index is 0.109. The topological polar surface area (TPSA) is 32.8 Å². The van der Waals surface area contributed by atoms with E-state index in [4.69, 9.17) is 4.74 Å². The maximum Gasteiger partial charge on any atom is 0.260 e. The number of benzene rings is 1. The van der Waals surface area contributed by atoms with E-state index in [0.717, 1.165) is 69.2 Å². The summed E-state index contributed by atoms with van der Waals surface area (Å²) in [6.07, 6.45) is 5.64. The maximum absolute atomic E-state index is 12.4. The number of hydrogen-bond acceptors (Lipinski definition) is 3. The first kappa shape index (κ1) is 18.0. The fourth-order valence-electron chi connectivity index (χ4n) is 3.46. The minimum Gasteiger partial charge on any atom is -0.483 e. The van der Waals surface area contributed by atoms with E-state index in [1.165, 1.54) is 5.57 Å². The molecule has 4 heteroatoms. The van der Waals surface area contributed by atoms with Gasteiger partial charge in [-0.15, -0.1) is 0 Å². The molecule has 1 aromatic rings. The van der Waals surface area contributed by atoms with Crippen molar-refractivity contribution in [1.82, 2.24) is 9.80 Å². The van der Waals surface area contributed by atoms with Crippen LogP contribution in [0.15, 0.2) is 35.9 Å². The number of amides is 1. The van der Waals surface area contributed by atoms with Crippen LogP contribution >= 0.6 is 0 Å². The molecule has 0 aliphatic carbocycles. The third-order valence-electron chi connectivity index (χ3n) is 5.37. The number of likely N-dealkylation sites (tertiary alicyclic amines) is 1. The van der Waals surface area contributed by atoms with Crippen LogP contribution in [0.5, 0.6) is 5.75 Å². The van der Waals surface area contributed by atoms with Gasteiger partial charge < -0.3 is 9.64 Å². The van der Waals surface area contributed by atoms with Crippen molar-refractivity contribution in [1.29, 1.82) is 0 Å². The first-order valence-electron chi connectivity index (χ1n) is 9.48. The van der Waals surface area contributed by atoms with Gasteiger partial charge in [0.05, 0.1) is 0 Å². The van der Waals surface area contributed by atoms with E-state index < -0.39 is 0 Å². The summed E-state index contributed by atoms with van der Waals surface area (Å²) in [7, 11) is 0. The molecule has 4 nitrogen and oxygen atoms in total. The van der Waals surface area contributed by atoms with Crippen molar-refractivity contribution in [3.63, 3.8) is 0 Å². The fourth-order valence-corrected chi connectivity index (χ4v) is 3.46. The number of piperidine rings is 1. The lowest BCUT2D eigenvalue weighted by atomic mass is 9.99. The van der Waals surface area contributed by atoms with Gasteiger partial charge in [-0.2, -0.15) is 0 Å². The molecule has 0 saturated carbocycles. The third kappa shape index (κ3) is 5.08. The Morgan fingerprint density at radius 2 is 1.96 bits per heavy atom. The van der Waals surface area contributed by atoms with Gasteiger partial charge in [0.1, 0.15) is 5.75 Å². The molecule has 0 N–H and O–H groups in total. The molecule has 0 radical (unpaired) electrons. The third-order valence-corrected chi connectivity index (χ3v) is 5.37. The zero-order valence-electron chi connectivity index (χ0n) is 15.5. The van der Waals surface area contributed by atoms with Crippen molar-refractivity contribution in [2.75, 3.05) is 32.8 Å². The predicted octanol–water partition coefficient (Wildman–Crippen LogP) is 3.48. The number of nitrogens with zero attached hydrogens (tertiary/aromatic N) is 2. The zero-order chi connectivity index (χ0) is 17.6. The van der Waals surface area contributed by atoms with Crippen molar-refractivity contribution in [2.24, 2.45) is 5.92 Å². The number of rotatable bonds is 5. The molecule has 25 heavy (non-hydrogen) atoms. The summed E-state index contributed by atoms with van der Waals surface area (Å²) in [6.45, 7) is 9.27. The summed E-state index contributed by atoms with van der Waals surface area (Å²) in [4.78, 5) is 16.8. The van der Waals surface area contributed by atoms with Crippen LogP contribution in [0.25, 0.3) is 0 Å². The Morgan fingerprint density at radius 3 is 2.68 bits per heavy atom. The van der Waals surface area contributed by atoms with Crippen LogP contribution in [0.1, 0.15) is 38.7 Å². The van der Waals surface area contributed by atoms with E-state index in [1.807, 2.05) is 23.1 Å². The molecule has 0 unspecified atom stereocenters. The highest BCUT2D eigenvalue weighted by molar-refractivity contribution is 5.77. The normalized spacial score (nSPS) is 19.6. The minimum absolute atomic E-state index is 0.109. The zero-order valence-corrected chi connectivity index (χ0v) is 15.5. The summed E-state index contributed by atoms with van der Waals surface area (Å²) in [5.41, 5.74) is 2.64. The number of ether oxygens (including phenoxy) is 1. The monoisotopic (exact) mass is 342 g/mol. The highest BCUT2D eigenvalue weighted by Gasteiger charge is 2.21. The summed E-state index contributed by atoms with van der Waals surface area (Å²) in [6, 6.07) is 8.10. The molecule has 2 heterocycles. The molecule has 136 valence electrons. The Labute approximate surface area is 151 Å². The molecule has 1 aromatic carbocycles. The van der Waals surface area contributed by atoms with Gasteiger partial charge >= 0.3 is 0 Å². The second-order valence-corrected chi connectivity index (χ2v) is 7.50. The summed E-state index contributed by atoms with van der Waals surface area (Å²) in [5.74, 6) is 1.68. The van der Waals surface area contributed by atoms with E-state index in [9.17, 15) is 4.79 Å². The number of para-hydroxylation sites is 1.